The van der Waals surface area contributed by atoms with Gasteiger partial charge in [-0.1, -0.05) is 0 Å². The quantitative estimate of drug-likeness (QED) is 0.824. The van der Waals surface area contributed by atoms with Crippen LogP contribution >= 0.6 is 0 Å². The molecule has 0 aromatic heterocycles. The van der Waals surface area contributed by atoms with Gasteiger partial charge in [0.25, 0.3) is 0 Å². The van der Waals surface area contributed by atoms with Crippen LogP contribution < -0.4 is 4.72 Å². The Balaban J connectivity index is 2.85. The van der Waals surface area contributed by atoms with Crippen molar-refractivity contribution in [2.24, 2.45) is 0 Å². The first kappa shape index (κ1) is 10.9. The molecule has 0 heterocycles. The van der Waals surface area contributed by atoms with E-state index >= 15 is 0 Å². The summed E-state index contributed by atoms with van der Waals surface area (Å²) in [6, 6.07) is 5.09. The van der Waals surface area contributed by atoms with Gasteiger partial charge in [-0.2, -0.15) is 12.7 Å². The van der Waals surface area contributed by atoms with E-state index in [0.717, 1.165) is 4.31 Å². The van der Waals surface area contributed by atoms with Crippen LogP contribution in [0.15, 0.2) is 24.3 Å². The highest BCUT2D eigenvalue weighted by molar-refractivity contribution is 7.90. The SMILES string of the molecule is CN(C)S(=O)(=O)Nc1ccc(F)cc1. The third-order valence-electron chi connectivity index (χ3n) is 1.57. The highest BCUT2D eigenvalue weighted by Gasteiger charge is 2.12. The average Bonchev–Trinajstić information content (AvgIpc) is 2.08. The highest BCUT2D eigenvalue weighted by atomic mass is 32.2. The Bertz CT molecular complexity index is 400. The lowest BCUT2D eigenvalue weighted by atomic mass is 10.3. The molecule has 0 aliphatic rings. The van der Waals surface area contributed by atoms with Gasteiger partial charge < -0.3 is 0 Å². The zero-order valence-corrected chi connectivity index (χ0v) is 8.68. The predicted molar refractivity (Wildman–Crippen MR) is 52.6 cm³/mol. The lowest BCUT2D eigenvalue weighted by Crippen LogP contribution is -2.28. The number of benzene rings is 1. The summed E-state index contributed by atoms with van der Waals surface area (Å²) in [6.07, 6.45) is 0. The largest absolute Gasteiger partial charge is 0.301 e. The molecule has 1 aromatic carbocycles. The first-order valence-corrected chi connectivity index (χ1v) is 5.31. The molecule has 0 unspecified atom stereocenters. The Morgan fingerprint density at radius 2 is 1.71 bits per heavy atom. The molecule has 14 heavy (non-hydrogen) atoms. The van der Waals surface area contributed by atoms with Crippen LogP contribution in [0.1, 0.15) is 0 Å². The highest BCUT2D eigenvalue weighted by Crippen LogP contribution is 2.10. The van der Waals surface area contributed by atoms with Crippen LogP contribution in [-0.4, -0.2) is 26.8 Å². The smallest absolute Gasteiger partial charge is 0.271 e. The first-order chi connectivity index (χ1) is 6.42. The van der Waals surface area contributed by atoms with Crippen molar-refractivity contribution in [3.8, 4) is 0 Å². The Hall–Kier alpha value is -1.14. The topological polar surface area (TPSA) is 49.4 Å². The Kier molecular flexibility index (Phi) is 3.07. The Labute approximate surface area is 82.5 Å². The lowest BCUT2D eigenvalue weighted by molar-refractivity contribution is 0.527. The van der Waals surface area contributed by atoms with Gasteiger partial charge in [-0.15, -0.1) is 0 Å². The second-order valence-electron chi connectivity index (χ2n) is 2.90. The van der Waals surface area contributed by atoms with E-state index in [4.69, 9.17) is 0 Å². The van der Waals surface area contributed by atoms with E-state index in [2.05, 4.69) is 4.72 Å². The minimum atomic E-state index is -3.50. The standard InChI is InChI=1S/C8H11FN2O2S/c1-11(2)14(12,13)10-8-5-3-7(9)4-6-8/h3-6,10H,1-2H3. The fourth-order valence-electron chi connectivity index (χ4n) is 0.758. The molecule has 0 atom stereocenters. The molecule has 1 rings (SSSR count). The van der Waals surface area contributed by atoms with Crippen molar-refractivity contribution in [3.63, 3.8) is 0 Å². The van der Waals surface area contributed by atoms with Crippen molar-refractivity contribution in [1.82, 2.24) is 4.31 Å². The molecule has 0 spiro atoms. The van der Waals surface area contributed by atoms with E-state index in [1.807, 2.05) is 0 Å². The molecular weight excluding hydrogens is 207 g/mol. The number of hydrogen-bond donors (Lipinski definition) is 1. The Morgan fingerprint density at radius 1 is 1.21 bits per heavy atom. The van der Waals surface area contributed by atoms with E-state index in [1.54, 1.807) is 0 Å². The molecule has 0 aliphatic heterocycles. The molecule has 1 aromatic rings. The molecule has 0 saturated carbocycles. The third-order valence-corrected chi connectivity index (χ3v) is 3.03. The summed E-state index contributed by atoms with van der Waals surface area (Å²) in [7, 11) is -0.686. The molecule has 0 amide bonds. The average molecular weight is 218 g/mol. The summed E-state index contributed by atoms with van der Waals surface area (Å²) in [6.45, 7) is 0. The zero-order chi connectivity index (χ0) is 10.8. The van der Waals surface area contributed by atoms with Crippen LogP contribution in [0.4, 0.5) is 10.1 Å². The molecule has 0 radical (unpaired) electrons. The first-order valence-electron chi connectivity index (χ1n) is 3.87. The predicted octanol–water partition coefficient (Wildman–Crippen LogP) is 1.04. The Morgan fingerprint density at radius 3 is 2.14 bits per heavy atom. The summed E-state index contributed by atoms with van der Waals surface area (Å²) in [5.74, 6) is -0.405. The van der Waals surface area contributed by atoms with E-state index in [9.17, 15) is 12.8 Å². The summed E-state index contributed by atoms with van der Waals surface area (Å²) < 4.78 is 38.4. The normalized spacial score (nSPS) is 11.7. The zero-order valence-electron chi connectivity index (χ0n) is 7.86. The van der Waals surface area contributed by atoms with E-state index < -0.39 is 16.0 Å². The monoisotopic (exact) mass is 218 g/mol. The number of nitrogens with zero attached hydrogens (tertiary/aromatic N) is 1. The van der Waals surface area contributed by atoms with Crippen molar-refractivity contribution in [2.45, 2.75) is 0 Å². The van der Waals surface area contributed by atoms with Crippen molar-refractivity contribution in [2.75, 3.05) is 18.8 Å². The molecular formula is C8H11FN2O2S. The van der Waals surface area contributed by atoms with E-state index in [0.29, 0.717) is 5.69 Å². The molecule has 4 nitrogen and oxygen atoms in total. The number of halogens is 1. The summed E-state index contributed by atoms with van der Waals surface area (Å²) in [5, 5.41) is 0. The van der Waals surface area contributed by atoms with Gasteiger partial charge in [-0.25, -0.2) is 4.39 Å². The van der Waals surface area contributed by atoms with Crippen LogP contribution in [0.3, 0.4) is 0 Å². The van der Waals surface area contributed by atoms with Crippen LogP contribution in [0.5, 0.6) is 0 Å². The molecule has 0 aliphatic carbocycles. The second-order valence-corrected chi connectivity index (χ2v) is 4.78. The van der Waals surface area contributed by atoms with Crippen LogP contribution in [0.25, 0.3) is 0 Å². The number of anilines is 1. The summed E-state index contributed by atoms with van der Waals surface area (Å²) in [5.41, 5.74) is 0.333. The van der Waals surface area contributed by atoms with Crippen molar-refractivity contribution in [1.29, 1.82) is 0 Å². The van der Waals surface area contributed by atoms with Crippen LogP contribution in [0, 0.1) is 5.82 Å². The molecule has 78 valence electrons. The van der Waals surface area contributed by atoms with E-state index in [1.165, 1.54) is 38.4 Å². The minimum absolute atomic E-state index is 0.333. The molecule has 1 N–H and O–H groups in total. The van der Waals surface area contributed by atoms with Crippen molar-refractivity contribution in [3.05, 3.63) is 30.1 Å². The van der Waals surface area contributed by atoms with Gasteiger partial charge in [0.2, 0.25) is 0 Å². The van der Waals surface area contributed by atoms with Crippen molar-refractivity contribution < 1.29 is 12.8 Å². The van der Waals surface area contributed by atoms with Crippen molar-refractivity contribution >= 4 is 15.9 Å². The van der Waals surface area contributed by atoms with Gasteiger partial charge in [0.1, 0.15) is 5.82 Å². The van der Waals surface area contributed by atoms with Crippen LogP contribution in [-0.2, 0) is 10.2 Å². The summed E-state index contributed by atoms with van der Waals surface area (Å²) in [4.78, 5) is 0. The number of rotatable bonds is 3. The molecule has 0 fully saturated rings. The lowest BCUT2D eigenvalue weighted by Gasteiger charge is -2.12. The molecule has 0 saturated heterocycles. The maximum atomic E-state index is 12.5. The van der Waals surface area contributed by atoms with Gasteiger partial charge in [0, 0.05) is 19.8 Å². The minimum Gasteiger partial charge on any atom is -0.271 e. The van der Waals surface area contributed by atoms with Gasteiger partial charge >= 0.3 is 10.2 Å². The fraction of sp³-hybridized carbons (Fsp3) is 0.250. The van der Waals surface area contributed by atoms with Gasteiger partial charge in [-0.3, -0.25) is 4.72 Å². The van der Waals surface area contributed by atoms with Gasteiger partial charge in [-0.05, 0) is 24.3 Å². The van der Waals surface area contributed by atoms with Crippen LogP contribution in [0.2, 0.25) is 0 Å². The number of nitrogens with one attached hydrogen (secondary N) is 1. The second kappa shape index (κ2) is 3.93. The van der Waals surface area contributed by atoms with E-state index in [-0.39, 0.29) is 0 Å². The fourth-order valence-corrected chi connectivity index (χ4v) is 1.37. The maximum Gasteiger partial charge on any atom is 0.301 e. The van der Waals surface area contributed by atoms with Gasteiger partial charge in [0.05, 0.1) is 0 Å². The maximum absolute atomic E-state index is 12.5. The molecule has 0 bridgehead atoms. The summed E-state index contributed by atoms with van der Waals surface area (Å²) >= 11 is 0. The molecule has 6 heteroatoms. The van der Waals surface area contributed by atoms with Gasteiger partial charge in [0.15, 0.2) is 0 Å². The number of hydrogen-bond acceptors (Lipinski definition) is 2. The third kappa shape index (κ3) is 2.68.